The molecule has 0 N–H and O–H groups in total. The summed E-state index contributed by atoms with van der Waals surface area (Å²) in [7, 11) is 0. The van der Waals surface area contributed by atoms with Crippen LogP contribution in [0.15, 0.2) is 27.9 Å². The van der Waals surface area contributed by atoms with Crippen molar-refractivity contribution in [2.45, 2.75) is 45.4 Å². The van der Waals surface area contributed by atoms with Gasteiger partial charge in [-0.15, -0.1) is 0 Å². The van der Waals surface area contributed by atoms with E-state index in [1.807, 2.05) is 0 Å². The quantitative estimate of drug-likeness (QED) is 0.166. The van der Waals surface area contributed by atoms with Crippen LogP contribution in [-0.2, 0) is 4.84 Å². The van der Waals surface area contributed by atoms with Gasteiger partial charge in [0.05, 0.1) is 16.7 Å². The third-order valence-electron chi connectivity index (χ3n) is 3.40. The molecule has 4 nitrogen and oxygen atoms in total. The Morgan fingerprint density at radius 1 is 1.00 bits per heavy atom. The highest BCUT2D eigenvalue weighted by atomic mass is 35.5. The first-order valence-electron chi connectivity index (χ1n) is 8.94. The molecule has 0 saturated heterocycles. The zero-order valence-corrected chi connectivity index (χ0v) is 18.4. The molecule has 0 unspecified atom stereocenters. The molecule has 0 radical (unpaired) electrons. The van der Waals surface area contributed by atoms with Crippen LogP contribution in [-0.4, -0.2) is 26.0 Å². The van der Waals surface area contributed by atoms with E-state index >= 15 is 0 Å². The molecule has 0 aliphatic rings. The third-order valence-corrected chi connectivity index (χ3v) is 4.27. The Balaban J connectivity index is 2.23. The summed E-state index contributed by atoms with van der Waals surface area (Å²) >= 11 is 23.5. The van der Waals surface area contributed by atoms with Crippen molar-refractivity contribution in [1.29, 1.82) is 0 Å². The number of hydrogen-bond acceptors (Lipinski definition) is 4. The van der Waals surface area contributed by atoms with E-state index in [-0.39, 0.29) is 11.1 Å². The first kappa shape index (κ1) is 24.2. The van der Waals surface area contributed by atoms with E-state index in [0.29, 0.717) is 34.8 Å². The Morgan fingerprint density at radius 2 is 1.67 bits per heavy atom. The van der Waals surface area contributed by atoms with Gasteiger partial charge in [-0.3, -0.25) is 0 Å². The maximum Gasteiger partial charge on any atom is 0.156 e. The van der Waals surface area contributed by atoms with Crippen molar-refractivity contribution >= 4 is 52.6 Å². The summed E-state index contributed by atoms with van der Waals surface area (Å²) in [4.78, 5) is 5.17. The van der Waals surface area contributed by atoms with Crippen LogP contribution >= 0.6 is 46.4 Å². The number of halogens is 4. The summed E-state index contributed by atoms with van der Waals surface area (Å²) in [6.45, 7) is 3.51. The van der Waals surface area contributed by atoms with Crippen molar-refractivity contribution in [1.82, 2.24) is 0 Å². The number of ether oxygens (including phenoxy) is 2. The first-order valence-corrected chi connectivity index (χ1v) is 10.4. The molecule has 0 aliphatic carbocycles. The summed E-state index contributed by atoms with van der Waals surface area (Å²) < 4.78 is 11.3. The number of nitrogens with zero attached hydrogens (tertiary/aromatic N) is 1. The number of oxime groups is 1. The smallest absolute Gasteiger partial charge is 0.156 e. The lowest BCUT2D eigenvalue weighted by atomic mass is 10.2. The average molecular weight is 457 g/mol. The summed E-state index contributed by atoms with van der Waals surface area (Å²) in [6.07, 6.45) is 9.33. The van der Waals surface area contributed by atoms with Gasteiger partial charge in [0.2, 0.25) is 0 Å². The second kappa shape index (κ2) is 15.2. The van der Waals surface area contributed by atoms with Crippen LogP contribution in [0.4, 0.5) is 0 Å². The minimum Gasteiger partial charge on any atom is -0.490 e. The molecule has 8 heteroatoms. The molecule has 1 rings (SSSR count). The topological polar surface area (TPSA) is 40.0 Å². The molecule has 0 saturated carbocycles. The Morgan fingerprint density at radius 3 is 2.30 bits per heavy atom. The van der Waals surface area contributed by atoms with Gasteiger partial charge in [-0.1, -0.05) is 64.9 Å². The molecular formula is C19H25Cl4NO3. The molecule has 1 aromatic rings. The van der Waals surface area contributed by atoms with E-state index in [2.05, 4.69) is 12.1 Å². The summed E-state index contributed by atoms with van der Waals surface area (Å²) in [5, 5.41) is 4.68. The standard InChI is InChI=1S/C19H25Cl4NO3/c1-2-3-9-24-27-11-7-5-4-6-10-26-19-16(20)13-15(14-17(19)21)25-12-8-18(22)23/h8-9,13-14H,2-7,10-12H2,1H3/b24-9+. The van der Waals surface area contributed by atoms with Crippen molar-refractivity contribution in [3.63, 3.8) is 0 Å². The molecule has 0 amide bonds. The molecule has 0 bridgehead atoms. The molecule has 0 aromatic heterocycles. The zero-order chi connectivity index (χ0) is 19.9. The van der Waals surface area contributed by atoms with Crippen LogP contribution in [0, 0.1) is 0 Å². The SMILES string of the molecule is CCC/C=N/OCCCCCCOc1c(Cl)cc(OCC=C(Cl)Cl)cc1Cl. The predicted octanol–water partition coefficient (Wildman–Crippen LogP) is 7.43. The molecule has 0 heterocycles. The molecule has 0 fully saturated rings. The molecule has 152 valence electrons. The Bertz CT molecular complexity index is 582. The van der Waals surface area contributed by atoms with Gasteiger partial charge < -0.3 is 14.3 Å². The second-order valence-electron chi connectivity index (χ2n) is 5.69. The van der Waals surface area contributed by atoms with Gasteiger partial charge in [-0.05, 0) is 38.2 Å². The van der Waals surface area contributed by atoms with Gasteiger partial charge in [-0.25, -0.2) is 0 Å². The maximum absolute atomic E-state index is 6.22. The number of hydrogen-bond donors (Lipinski definition) is 0. The van der Waals surface area contributed by atoms with Crippen molar-refractivity contribution in [3.05, 3.63) is 32.7 Å². The van der Waals surface area contributed by atoms with Gasteiger partial charge in [0.1, 0.15) is 23.5 Å². The normalized spacial score (nSPS) is 10.9. The maximum atomic E-state index is 6.22. The minimum absolute atomic E-state index is 0.142. The third kappa shape index (κ3) is 11.6. The highest BCUT2D eigenvalue weighted by Crippen LogP contribution is 2.37. The highest BCUT2D eigenvalue weighted by molar-refractivity contribution is 6.55. The van der Waals surface area contributed by atoms with E-state index in [4.69, 9.17) is 60.7 Å². The fraction of sp³-hybridized carbons (Fsp3) is 0.526. The van der Waals surface area contributed by atoms with Crippen LogP contribution < -0.4 is 9.47 Å². The van der Waals surface area contributed by atoms with Gasteiger partial charge in [-0.2, -0.15) is 0 Å². The Kier molecular flexibility index (Phi) is 13.6. The lowest BCUT2D eigenvalue weighted by molar-refractivity contribution is 0.140. The summed E-state index contributed by atoms with van der Waals surface area (Å²) in [6, 6.07) is 3.30. The largest absolute Gasteiger partial charge is 0.490 e. The molecule has 0 atom stereocenters. The van der Waals surface area contributed by atoms with E-state index in [1.54, 1.807) is 18.3 Å². The Labute approximate surface area is 181 Å². The van der Waals surface area contributed by atoms with E-state index in [1.165, 1.54) is 6.08 Å². The van der Waals surface area contributed by atoms with E-state index in [9.17, 15) is 0 Å². The number of unbranched alkanes of at least 4 members (excludes halogenated alkanes) is 4. The highest BCUT2D eigenvalue weighted by Gasteiger charge is 2.10. The van der Waals surface area contributed by atoms with Gasteiger partial charge in [0.15, 0.2) is 5.75 Å². The molecule has 0 aliphatic heterocycles. The molecule has 1 aromatic carbocycles. The number of rotatable bonds is 14. The van der Waals surface area contributed by atoms with Gasteiger partial charge >= 0.3 is 0 Å². The van der Waals surface area contributed by atoms with Crippen molar-refractivity contribution in [2.75, 3.05) is 19.8 Å². The predicted molar refractivity (Wildman–Crippen MR) is 115 cm³/mol. The minimum atomic E-state index is 0.142. The lowest BCUT2D eigenvalue weighted by Crippen LogP contribution is -2.00. The van der Waals surface area contributed by atoms with Gasteiger partial charge in [0.25, 0.3) is 0 Å². The van der Waals surface area contributed by atoms with Crippen molar-refractivity contribution < 1.29 is 14.3 Å². The summed E-state index contributed by atoms with van der Waals surface area (Å²) in [5.74, 6) is 0.981. The van der Waals surface area contributed by atoms with Crippen LogP contribution in [0.3, 0.4) is 0 Å². The summed E-state index contributed by atoms with van der Waals surface area (Å²) in [5.41, 5.74) is 0. The van der Waals surface area contributed by atoms with Crippen molar-refractivity contribution in [3.8, 4) is 11.5 Å². The van der Waals surface area contributed by atoms with Crippen LogP contribution in [0.5, 0.6) is 11.5 Å². The lowest BCUT2D eigenvalue weighted by Gasteiger charge is -2.12. The average Bonchev–Trinajstić information content (AvgIpc) is 2.61. The van der Waals surface area contributed by atoms with Gasteiger partial charge in [0, 0.05) is 18.3 Å². The second-order valence-corrected chi connectivity index (χ2v) is 7.52. The van der Waals surface area contributed by atoms with E-state index < -0.39 is 0 Å². The fourth-order valence-electron chi connectivity index (χ4n) is 2.04. The first-order chi connectivity index (χ1) is 13.0. The monoisotopic (exact) mass is 455 g/mol. The van der Waals surface area contributed by atoms with E-state index in [0.717, 1.165) is 38.5 Å². The Hall–Kier alpha value is -0.810. The molecular weight excluding hydrogens is 432 g/mol. The molecule has 0 spiro atoms. The van der Waals surface area contributed by atoms with Crippen LogP contribution in [0.25, 0.3) is 0 Å². The fourth-order valence-corrected chi connectivity index (χ4v) is 2.74. The molecule has 27 heavy (non-hydrogen) atoms. The number of benzene rings is 1. The zero-order valence-electron chi connectivity index (χ0n) is 15.4. The van der Waals surface area contributed by atoms with Crippen LogP contribution in [0.1, 0.15) is 45.4 Å². The van der Waals surface area contributed by atoms with Crippen LogP contribution in [0.2, 0.25) is 10.0 Å². The van der Waals surface area contributed by atoms with Crippen molar-refractivity contribution in [2.24, 2.45) is 5.16 Å².